The van der Waals surface area contributed by atoms with Crippen LogP contribution in [0.5, 0.6) is 0 Å². The summed E-state index contributed by atoms with van der Waals surface area (Å²) in [4.78, 5) is 4.95. The summed E-state index contributed by atoms with van der Waals surface area (Å²) in [5.41, 5.74) is 0. The van der Waals surface area contributed by atoms with Crippen molar-refractivity contribution in [1.29, 1.82) is 0 Å². The monoisotopic (exact) mass is 234 g/mol. The van der Waals surface area contributed by atoms with E-state index in [0.717, 1.165) is 37.0 Å². The molecule has 3 aliphatic rings. The largest absolute Gasteiger partial charge is 0.408 e. The topological polar surface area (TPSA) is 45.4 Å². The Morgan fingerprint density at radius 1 is 1.06 bits per heavy atom. The Morgan fingerprint density at radius 3 is 2.29 bits per heavy atom. The molecule has 3 heterocycles. The summed E-state index contributed by atoms with van der Waals surface area (Å²) in [6, 6.07) is 1.63. The fourth-order valence-corrected chi connectivity index (χ4v) is 3.34. The molecule has 1 saturated carbocycles. The Hall–Kier alpha value is -1.10. The molecular weight excluding hydrogens is 216 g/mol. The summed E-state index contributed by atoms with van der Waals surface area (Å²) in [5, 5.41) is 8.03. The molecule has 17 heavy (non-hydrogen) atoms. The molecule has 1 aromatic rings. The molecule has 4 rings (SSSR count). The average molecular weight is 234 g/mol. The second-order valence-electron chi connectivity index (χ2n) is 5.71. The number of hydrogen-bond donors (Lipinski definition) is 0. The third-order valence-corrected chi connectivity index (χ3v) is 4.36. The number of anilines is 1. The van der Waals surface area contributed by atoms with Crippen molar-refractivity contribution in [2.75, 3.05) is 31.1 Å². The molecule has 1 aliphatic carbocycles. The fourth-order valence-electron chi connectivity index (χ4n) is 3.34. The molecule has 5 heteroatoms. The number of aromatic nitrogens is 2. The van der Waals surface area contributed by atoms with Gasteiger partial charge in [0.25, 0.3) is 0 Å². The third kappa shape index (κ3) is 1.64. The Labute approximate surface area is 101 Å². The van der Waals surface area contributed by atoms with Crippen LogP contribution in [0.2, 0.25) is 0 Å². The number of nitrogens with zero attached hydrogens (tertiary/aromatic N) is 4. The summed E-state index contributed by atoms with van der Waals surface area (Å²) in [5.74, 6) is 2.28. The van der Waals surface area contributed by atoms with Crippen molar-refractivity contribution in [3.8, 4) is 0 Å². The van der Waals surface area contributed by atoms with Gasteiger partial charge in [0, 0.05) is 39.1 Å². The molecule has 2 atom stereocenters. The number of likely N-dealkylation sites (tertiary alicyclic amines) is 1. The van der Waals surface area contributed by atoms with E-state index in [9.17, 15) is 0 Å². The van der Waals surface area contributed by atoms with Gasteiger partial charge in [0.05, 0.1) is 0 Å². The van der Waals surface area contributed by atoms with Crippen LogP contribution in [0.15, 0.2) is 4.42 Å². The van der Waals surface area contributed by atoms with Crippen molar-refractivity contribution in [2.24, 2.45) is 11.8 Å². The first-order valence-electron chi connectivity index (χ1n) is 6.59. The lowest BCUT2D eigenvalue weighted by atomic mass is 10.0. The SMILES string of the molecule is Cc1nnc(N2CC3CN(C4CC4)CC3C2)o1. The van der Waals surface area contributed by atoms with Crippen molar-refractivity contribution >= 4 is 6.01 Å². The minimum absolute atomic E-state index is 0.664. The molecule has 0 radical (unpaired) electrons. The molecule has 92 valence electrons. The van der Waals surface area contributed by atoms with Crippen molar-refractivity contribution in [3.05, 3.63) is 5.89 Å². The van der Waals surface area contributed by atoms with Gasteiger partial charge in [-0.2, -0.15) is 0 Å². The van der Waals surface area contributed by atoms with E-state index in [0.29, 0.717) is 5.89 Å². The van der Waals surface area contributed by atoms with Crippen LogP contribution in [0.4, 0.5) is 6.01 Å². The van der Waals surface area contributed by atoms with Crippen LogP contribution >= 0.6 is 0 Å². The maximum absolute atomic E-state index is 5.51. The van der Waals surface area contributed by atoms with Crippen LogP contribution in [0.3, 0.4) is 0 Å². The summed E-state index contributed by atoms with van der Waals surface area (Å²) < 4.78 is 5.51. The Bertz CT molecular complexity index is 414. The van der Waals surface area contributed by atoms with Gasteiger partial charge >= 0.3 is 6.01 Å². The minimum atomic E-state index is 0.664. The Balaban J connectivity index is 1.44. The second kappa shape index (κ2) is 3.45. The molecule has 0 spiro atoms. The fraction of sp³-hybridized carbons (Fsp3) is 0.833. The molecule has 2 saturated heterocycles. The molecule has 0 N–H and O–H groups in total. The molecule has 1 aromatic heterocycles. The summed E-state index contributed by atoms with van der Waals surface area (Å²) in [7, 11) is 0. The van der Waals surface area contributed by atoms with E-state index in [4.69, 9.17) is 4.42 Å². The zero-order valence-electron chi connectivity index (χ0n) is 10.2. The predicted octanol–water partition coefficient (Wildman–Crippen LogP) is 0.908. The normalized spacial score (nSPS) is 33.4. The first-order valence-corrected chi connectivity index (χ1v) is 6.59. The van der Waals surface area contributed by atoms with E-state index in [1.807, 2.05) is 6.92 Å². The first kappa shape index (κ1) is 9.88. The van der Waals surface area contributed by atoms with Crippen LogP contribution in [0, 0.1) is 18.8 Å². The third-order valence-electron chi connectivity index (χ3n) is 4.36. The molecular formula is C12H18N4O. The van der Waals surface area contributed by atoms with Gasteiger partial charge < -0.3 is 9.32 Å². The van der Waals surface area contributed by atoms with Gasteiger partial charge in [0.2, 0.25) is 5.89 Å². The molecule has 2 unspecified atom stereocenters. The highest BCUT2D eigenvalue weighted by Crippen LogP contribution is 2.38. The standard InChI is InChI=1S/C12H18N4O/c1-8-13-14-12(17-8)16-6-9-4-15(11-2-3-11)5-10(9)7-16/h9-11H,2-7H2,1H3. The van der Waals surface area contributed by atoms with Crippen LogP contribution < -0.4 is 4.90 Å². The zero-order chi connectivity index (χ0) is 11.4. The van der Waals surface area contributed by atoms with E-state index in [1.165, 1.54) is 25.9 Å². The van der Waals surface area contributed by atoms with E-state index < -0.39 is 0 Å². The smallest absolute Gasteiger partial charge is 0.318 e. The maximum Gasteiger partial charge on any atom is 0.318 e. The number of fused-ring (bicyclic) bond motifs is 1. The lowest BCUT2D eigenvalue weighted by Crippen LogP contribution is -2.30. The van der Waals surface area contributed by atoms with Crippen LogP contribution in [-0.4, -0.2) is 47.3 Å². The maximum atomic E-state index is 5.51. The Kier molecular flexibility index (Phi) is 2.00. The second-order valence-corrected chi connectivity index (χ2v) is 5.71. The van der Waals surface area contributed by atoms with E-state index in [-0.39, 0.29) is 0 Å². The molecule has 0 aromatic carbocycles. The van der Waals surface area contributed by atoms with E-state index in [1.54, 1.807) is 0 Å². The van der Waals surface area contributed by atoms with Crippen LogP contribution in [0.25, 0.3) is 0 Å². The van der Waals surface area contributed by atoms with Crippen molar-refractivity contribution in [2.45, 2.75) is 25.8 Å². The summed E-state index contributed by atoms with van der Waals surface area (Å²) in [6.45, 7) is 6.59. The highest BCUT2D eigenvalue weighted by Gasteiger charge is 2.45. The lowest BCUT2D eigenvalue weighted by Gasteiger charge is -2.19. The van der Waals surface area contributed by atoms with Crippen molar-refractivity contribution in [1.82, 2.24) is 15.1 Å². The van der Waals surface area contributed by atoms with Gasteiger partial charge in [-0.05, 0) is 24.7 Å². The highest BCUT2D eigenvalue weighted by atomic mass is 16.4. The van der Waals surface area contributed by atoms with Crippen LogP contribution in [0.1, 0.15) is 18.7 Å². The quantitative estimate of drug-likeness (QED) is 0.761. The Morgan fingerprint density at radius 2 is 1.76 bits per heavy atom. The lowest BCUT2D eigenvalue weighted by molar-refractivity contribution is 0.305. The summed E-state index contributed by atoms with van der Waals surface area (Å²) >= 11 is 0. The zero-order valence-corrected chi connectivity index (χ0v) is 10.2. The molecule has 0 bridgehead atoms. The molecule has 0 amide bonds. The van der Waals surface area contributed by atoms with Gasteiger partial charge in [-0.3, -0.25) is 4.90 Å². The van der Waals surface area contributed by atoms with Gasteiger partial charge in [-0.25, -0.2) is 0 Å². The number of rotatable bonds is 2. The average Bonchev–Trinajstić information content (AvgIpc) is 2.75. The van der Waals surface area contributed by atoms with E-state index >= 15 is 0 Å². The van der Waals surface area contributed by atoms with Crippen LogP contribution in [-0.2, 0) is 0 Å². The molecule has 2 aliphatic heterocycles. The number of hydrogen-bond acceptors (Lipinski definition) is 5. The van der Waals surface area contributed by atoms with Gasteiger partial charge in [0.1, 0.15) is 0 Å². The first-order chi connectivity index (χ1) is 8.29. The highest BCUT2D eigenvalue weighted by molar-refractivity contribution is 5.28. The molecule has 5 nitrogen and oxygen atoms in total. The van der Waals surface area contributed by atoms with Gasteiger partial charge in [0.15, 0.2) is 0 Å². The predicted molar refractivity (Wildman–Crippen MR) is 62.8 cm³/mol. The van der Waals surface area contributed by atoms with Gasteiger partial charge in [-0.15, -0.1) is 5.10 Å². The van der Waals surface area contributed by atoms with E-state index in [2.05, 4.69) is 20.0 Å². The minimum Gasteiger partial charge on any atom is -0.408 e. The van der Waals surface area contributed by atoms with Crippen molar-refractivity contribution < 1.29 is 4.42 Å². The molecule has 3 fully saturated rings. The van der Waals surface area contributed by atoms with Gasteiger partial charge in [-0.1, -0.05) is 5.10 Å². The number of aryl methyl sites for hydroxylation is 1. The summed E-state index contributed by atoms with van der Waals surface area (Å²) in [6.07, 6.45) is 2.85. The van der Waals surface area contributed by atoms with Crippen molar-refractivity contribution in [3.63, 3.8) is 0 Å².